The third-order valence-corrected chi connectivity index (χ3v) is 4.60. The highest BCUT2D eigenvalue weighted by Crippen LogP contribution is 2.24. The second-order valence-electron chi connectivity index (χ2n) is 5.02. The largest absolute Gasteiger partial charge is 0.448 e. The summed E-state index contributed by atoms with van der Waals surface area (Å²) in [6.07, 6.45) is -0.676. The SMILES string of the molecule is O=C(CNC(=O)[C@H]1Cc2ccc(Cl)cc2C(=O)O1)c1cccs1. The Hall–Kier alpha value is -2.18. The molecule has 1 aromatic carbocycles. The summed E-state index contributed by atoms with van der Waals surface area (Å²) in [5.41, 5.74) is 1.08. The molecule has 0 radical (unpaired) electrons. The number of fused-ring (bicyclic) bond motifs is 1. The molecule has 0 saturated carbocycles. The van der Waals surface area contributed by atoms with Gasteiger partial charge >= 0.3 is 5.97 Å². The minimum absolute atomic E-state index is 0.124. The van der Waals surface area contributed by atoms with Gasteiger partial charge in [0.1, 0.15) is 0 Å². The first-order valence-electron chi connectivity index (χ1n) is 6.88. The molecule has 0 saturated heterocycles. The van der Waals surface area contributed by atoms with Crippen molar-refractivity contribution in [2.24, 2.45) is 0 Å². The van der Waals surface area contributed by atoms with Gasteiger partial charge in [-0.1, -0.05) is 23.7 Å². The Labute approximate surface area is 141 Å². The lowest BCUT2D eigenvalue weighted by molar-refractivity contribution is -0.130. The van der Waals surface area contributed by atoms with Crippen LogP contribution in [0, 0.1) is 0 Å². The van der Waals surface area contributed by atoms with E-state index < -0.39 is 18.0 Å². The Balaban J connectivity index is 1.64. The van der Waals surface area contributed by atoms with Crippen molar-refractivity contribution in [2.75, 3.05) is 6.54 Å². The fourth-order valence-electron chi connectivity index (χ4n) is 2.30. The number of carbonyl (C=O) groups excluding carboxylic acids is 3. The van der Waals surface area contributed by atoms with Crippen LogP contribution >= 0.6 is 22.9 Å². The summed E-state index contributed by atoms with van der Waals surface area (Å²) >= 11 is 7.16. The number of amides is 1. The predicted octanol–water partition coefficient (Wildman–Crippen LogP) is 2.48. The zero-order valence-electron chi connectivity index (χ0n) is 11.9. The number of thiophene rings is 1. The second-order valence-corrected chi connectivity index (χ2v) is 6.40. The van der Waals surface area contributed by atoms with Crippen LogP contribution in [0.2, 0.25) is 5.02 Å². The van der Waals surface area contributed by atoms with E-state index in [1.54, 1.807) is 29.6 Å². The number of cyclic esters (lactones) is 1. The van der Waals surface area contributed by atoms with Crippen LogP contribution in [0.25, 0.3) is 0 Å². The molecule has 1 amide bonds. The van der Waals surface area contributed by atoms with E-state index >= 15 is 0 Å². The molecule has 2 heterocycles. The molecular formula is C16H12ClNO4S. The van der Waals surface area contributed by atoms with Gasteiger partial charge in [-0.15, -0.1) is 11.3 Å². The Kier molecular flexibility index (Phi) is 4.45. The number of ketones is 1. The van der Waals surface area contributed by atoms with Crippen molar-refractivity contribution in [1.29, 1.82) is 0 Å². The van der Waals surface area contributed by atoms with Gasteiger partial charge in [0.15, 0.2) is 11.9 Å². The van der Waals surface area contributed by atoms with Crippen LogP contribution in [0.4, 0.5) is 0 Å². The fraction of sp³-hybridized carbons (Fsp3) is 0.188. The number of benzene rings is 1. The summed E-state index contributed by atoms with van der Waals surface area (Å²) in [6.45, 7) is -0.124. The van der Waals surface area contributed by atoms with Crippen LogP contribution in [-0.4, -0.2) is 30.3 Å². The van der Waals surface area contributed by atoms with Gasteiger partial charge in [0.05, 0.1) is 17.0 Å². The average molecular weight is 350 g/mol. The molecule has 1 N–H and O–H groups in total. The molecule has 1 aromatic heterocycles. The average Bonchev–Trinajstić information content (AvgIpc) is 3.07. The Morgan fingerprint density at radius 3 is 2.91 bits per heavy atom. The smallest absolute Gasteiger partial charge is 0.339 e. The molecule has 0 fully saturated rings. The molecule has 1 atom stereocenters. The number of hydrogen-bond acceptors (Lipinski definition) is 5. The first kappa shape index (κ1) is 15.7. The van der Waals surface area contributed by atoms with Crippen LogP contribution in [0.15, 0.2) is 35.7 Å². The lowest BCUT2D eigenvalue weighted by Crippen LogP contribution is -2.43. The summed E-state index contributed by atoms with van der Waals surface area (Å²) < 4.78 is 5.13. The first-order chi connectivity index (χ1) is 11.0. The molecule has 23 heavy (non-hydrogen) atoms. The van der Waals surface area contributed by atoms with Crippen molar-refractivity contribution in [2.45, 2.75) is 12.5 Å². The summed E-state index contributed by atoms with van der Waals surface area (Å²) in [7, 11) is 0. The molecule has 1 aliphatic rings. The predicted molar refractivity (Wildman–Crippen MR) is 86.0 cm³/mol. The molecule has 5 nitrogen and oxygen atoms in total. The summed E-state index contributed by atoms with van der Waals surface area (Å²) in [6, 6.07) is 8.35. The summed E-state index contributed by atoms with van der Waals surface area (Å²) in [5.74, 6) is -1.25. The van der Waals surface area contributed by atoms with Crippen molar-refractivity contribution in [3.8, 4) is 0 Å². The lowest BCUT2D eigenvalue weighted by atomic mass is 9.98. The lowest BCUT2D eigenvalue weighted by Gasteiger charge is -2.23. The van der Waals surface area contributed by atoms with E-state index in [-0.39, 0.29) is 18.7 Å². The van der Waals surface area contributed by atoms with E-state index in [0.717, 1.165) is 0 Å². The number of Topliss-reactive ketones (excluding diaryl/α,β-unsaturated/α-hetero) is 1. The minimum Gasteiger partial charge on any atom is -0.448 e. The van der Waals surface area contributed by atoms with Gasteiger partial charge in [0.2, 0.25) is 0 Å². The van der Waals surface area contributed by atoms with Crippen LogP contribution in [0.1, 0.15) is 25.6 Å². The molecule has 0 unspecified atom stereocenters. The van der Waals surface area contributed by atoms with Gasteiger partial charge < -0.3 is 10.1 Å². The monoisotopic (exact) mass is 349 g/mol. The number of ether oxygens (including phenoxy) is 1. The van der Waals surface area contributed by atoms with E-state index in [1.807, 2.05) is 0 Å². The Morgan fingerprint density at radius 2 is 2.17 bits per heavy atom. The van der Waals surface area contributed by atoms with Gasteiger partial charge in [0, 0.05) is 11.4 Å². The second kappa shape index (κ2) is 6.52. The summed E-state index contributed by atoms with van der Waals surface area (Å²) in [4.78, 5) is 36.5. The highest BCUT2D eigenvalue weighted by atomic mass is 35.5. The number of nitrogens with one attached hydrogen (secondary N) is 1. The first-order valence-corrected chi connectivity index (χ1v) is 8.14. The van der Waals surface area contributed by atoms with Crippen LogP contribution in [0.3, 0.4) is 0 Å². The van der Waals surface area contributed by atoms with Crippen molar-refractivity contribution >= 4 is 40.6 Å². The molecule has 0 bridgehead atoms. The normalized spacial score (nSPS) is 16.4. The zero-order valence-corrected chi connectivity index (χ0v) is 13.4. The molecule has 3 rings (SSSR count). The molecule has 0 spiro atoms. The highest BCUT2D eigenvalue weighted by Gasteiger charge is 2.31. The van der Waals surface area contributed by atoms with Crippen LogP contribution in [-0.2, 0) is 16.0 Å². The molecular weight excluding hydrogens is 338 g/mol. The van der Waals surface area contributed by atoms with Crippen molar-refractivity contribution in [3.05, 3.63) is 56.7 Å². The van der Waals surface area contributed by atoms with Crippen molar-refractivity contribution < 1.29 is 19.1 Å². The van der Waals surface area contributed by atoms with E-state index in [1.165, 1.54) is 17.4 Å². The minimum atomic E-state index is -0.938. The number of hydrogen-bond donors (Lipinski definition) is 1. The van der Waals surface area contributed by atoms with Crippen LogP contribution in [0.5, 0.6) is 0 Å². The molecule has 7 heteroatoms. The maximum Gasteiger partial charge on any atom is 0.339 e. The maximum atomic E-state index is 12.1. The third kappa shape index (κ3) is 3.43. The van der Waals surface area contributed by atoms with Gasteiger partial charge in [-0.25, -0.2) is 4.79 Å². The number of carbonyl (C=O) groups is 3. The molecule has 2 aromatic rings. The van der Waals surface area contributed by atoms with E-state index in [0.29, 0.717) is 21.0 Å². The van der Waals surface area contributed by atoms with Crippen molar-refractivity contribution in [1.82, 2.24) is 5.32 Å². The topological polar surface area (TPSA) is 72.5 Å². The van der Waals surface area contributed by atoms with Gasteiger partial charge in [-0.2, -0.15) is 0 Å². The van der Waals surface area contributed by atoms with E-state index in [9.17, 15) is 14.4 Å². The molecule has 1 aliphatic heterocycles. The molecule has 118 valence electrons. The van der Waals surface area contributed by atoms with Gasteiger partial charge in [-0.05, 0) is 29.1 Å². The third-order valence-electron chi connectivity index (χ3n) is 3.46. The standard InChI is InChI=1S/C16H12ClNO4S/c17-10-4-3-9-6-13(22-16(21)11(9)7-10)15(20)18-8-12(19)14-2-1-5-23-14/h1-5,7,13H,6,8H2,(H,18,20)/t13-/m1/s1. The fourth-order valence-corrected chi connectivity index (χ4v) is 3.14. The zero-order chi connectivity index (χ0) is 16.4. The van der Waals surface area contributed by atoms with Gasteiger partial charge in [0.25, 0.3) is 5.91 Å². The quantitative estimate of drug-likeness (QED) is 0.680. The van der Waals surface area contributed by atoms with E-state index in [4.69, 9.17) is 16.3 Å². The number of rotatable bonds is 4. The van der Waals surface area contributed by atoms with E-state index in [2.05, 4.69) is 5.32 Å². The van der Waals surface area contributed by atoms with Gasteiger partial charge in [-0.3, -0.25) is 9.59 Å². The maximum absolute atomic E-state index is 12.1. The molecule has 0 aliphatic carbocycles. The Bertz CT molecular complexity index is 772. The Morgan fingerprint density at radius 1 is 1.35 bits per heavy atom. The van der Waals surface area contributed by atoms with Crippen LogP contribution < -0.4 is 5.32 Å². The summed E-state index contributed by atoms with van der Waals surface area (Å²) in [5, 5.41) is 4.75. The number of esters is 1. The number of halogens is 1. The highest BCUT2D eigenvalue weighted by molar-refractivity contribution is 7.12. The van der Waals surface area contributed by atoms with Crippen molar-refractivity contribution in [3.63, 3.8) is 0 Å².